The van der Waals surface area contributed by atoms with Gasteiger partial charge in [-0.05, 0) is 99.0 Å². The fraction of sp³-hybridized carbons (Fsp3) is 0.438. The Kier molecular flexibility index (Phi) is 11.0. The molecule has 2 atom stereocenters. The number of para-hydroxylation sites is 1. The number of piperidine rings is 2. The number of urea groups is 1. The first kappa shape index (κ1) is 32.8. The lowest BCUT2D eigenvalue weighted by Gasteiger charge is -2.37. The molecule has 3 heterocycles. The minimum Gasteiger partial charge on any atom is -0.506 e. The van der Waals surface area contributed by atoms with Gasteiger partial charge in [-0.1, -0.05) is 18.2 Å². The Hall–Kier alpha value is -3.60. The Morgan fingerprint density at radius 3 is 2.58 bits per heavy atom. The van der Waals surface area contributed by atoms with Crippen molar-refractivity contribution in [2.24, 2.45) is 4.99 Å². The lowest BCUT2D eigenvalue weighted by molar-refractivity contribution is -0.126. The minimum absolute atomic E-state index is 0.0115. The number of hydrogen-bond acceptors (Lipinski definition) is 7. The summed E-state index contributed by atoms with van der Waals surface area (Å²) in [6.45, 7) is 2.55. The molecule has 2 aromatic rings. The number of aliphatic imine (C=N–C) groups is 1. The van der Waals surface area contributed by atoms with E-state index in [1.165, 1.54) is 0 Å². The van der Waals surface area contributed by atoms with Gasteiger partial charge in [0, 0.05) is 56.7 Å². The monoisotopic (exact) mass is 743 g/mol. The second-order valence-corrected chi connectivity index (χ2v) is 13.1. The number of benzene rings is 2. The number of nitrogens with zero attached hydrogens (tertiary/aromatic N) is 4. The van der Waals surface area contributed by atoms with E-state index in [4.69, 9.17) is 4.74 Å². The molecule has 2 aromatic carbocycles. The van der Waals surface area contributed by atoms with Crippen LogP contribution in [0.1, 0.15) is 36.8 Å². The molecule has 0 aliphatic carbocycles. The summed E-state index contributed by atoms with van der Waals surface area (Å²) >= 11 is 6.60. The molecule has 5 rings (SSSR count). The fourth-order valence-corrected chi connectivity index (χ4v) is 7.09. The molecule has 3 N–H and O–H groups in total. The predicted molar refractivity (Wildman–Crippen MR) is 175 cm³/mol. The lowest BCUT2D eigenvalue weighted by atomic mass is 10.0. The molecule has 11 nitrogen and oxygen atoms in total. The first-order chi connectivity index (χ1) is 21.7. The van der Waals surface area contributed by atoms with Gasteiger partial charge >= 0.3 is 12.1 Å². The largest absolute Gasteiger partial charge is 0.506 e. The molecule has 0 aromatic heterocycles. The second kappa shape index (κ2) is 15.1. The van der Waals surface area contributed by atoms with Crippen LogP contribution in [0.3, 0.4) is 0 Å². The van der Waals surface area contributed by atoms with Gasteiger partial charge in [0.15, 0.2) is 6.10 Å². The minimum atomic E-state index is -1.25. The molecule has 0 unspecified atom stereocenters. The van der Waals surface area contributed by atoms with E-state index in [0.717, 1.165) is 37.1 Å². The third-order valence-corrected chi connectivity index (χ3v) is 9.44. The standard InChI is InChI=1S/C32H35Br2N5O6/c33-25-17-21(18-26(34)29(25)41)19-28(30(42)35-11-4-13-37-12-3-6-24(40)20-37)45-32(44)38-14-9-23(10-15-38)39-16-8-22-5-1-2-7-27(22)36-31(39)43/h1-2,5,7,13,17-18,23-24,28,40-41H,3,6,8-10,12,14-16,19-20H2,(H,36,43)/t24-,28+/m0/s1. The number of likely N-dealkylation sites (tertiary alicyclic amines) is 2. The van der Waals surface area contributed by atoms with Crippen LogP contribution in [0, 0.1) is 0 Å². The number of carbonyl (C=O) groups is 3. The van der Waals surface area contributed by atoms with Crippen LogP contribution in [-0.2, 0) is 22.4 Å². The van der Waals surface area contributed by atoms with Gasteiger partial charge in [0.25, 0.3) is 5.91 Å². The van der Waals surface area contributed by atoms with Gasteiger partial charge in [-0.2, -0.15) is 4.99 Å². The first-order valence-corrected chi connectivity index (χ1v) is 16.5. The molecular weight excluding hydrogens is 710 g/mol. The highest BCUT2D eigenvalue weighted by Crippen LogP contribution is 2.34. The number of hydrogen-bond donors (Lipinski definition) is 3. The summed E-state index contributed by atoms with van der Waals surface area (Å²) < 4.78 is 6.56. The maximum Gasteiger partial charge on any atom is 0.410 e. The number of β-amino-alcohol motifs (C(OH)–C–C–N with tert-alkyl or cyclic N) is 1. The van der Waals surface area contributed by atoms with E-state index in [-0.39, 0.29) is 24.2 Å². The number of ether oxygens (including phenoxy) is 1. The molecule has 3 aliphatic rings. The molecule has 2 saturated heterocycles. The van der Waals surface area contributed by atoms with Crippen LogP contribution in [-0.4, -0.2) is 99.8 Å². The summed E-state index contributed by atoms with van der Waals surface area (Å²) in [6.07, 6.45) is 2.80. The summed E-state index contributed by atoms with van der Waals surface area (Å²) in [6, 6.07) is 10.9. The van der Waals surface area contributed by atoms with Crippen molar-refractivity contribution in [3.8, 4) is 5.75 Å². The second-order valence-electron chi connectivity index (χ2n) is 11.4. The van der Waals surface area contributed by atoms with Crippen molar-refractivity contribution >= 4 is 61.4 Å². The van der Waals surface area contributed by atoms with Crippen molar-refractivity contribution in [3.63, 3.8) is 0 Å². The van der Waals surface area contributed by atoms with Crippen molar-refractivity contribution in [2.45, 2.75) is 56.8 Å². The number of carbonyl (C=O) groups excluding carboxylic acids is 3. The molecule has 0 radical (unpaired) electrons. The number of aliphatic hydroxyl groups excluding tert-OH is 1. The summed E-state index contributed by atoms with van der Waals surface area (Å²) in [4.78, 5) is 48.6. The summed E-state index contributed by atoms with van der Waals surface area (Å²) in [7, 11) is 0. The van der Waals surface area contributed by atoms with Crippen LogP contribution in [0.15, 0.2) is 62.3 Å². The lowest BCUT2D eigenvalue weighted by Crippen LogP contribution is -2.50. The third kappa shape index (κ3) is 8.56. The molecule has 0 spiro atoms. The number of phenols is 1. The van der Waals surface area contributed by atoms with Crippen molar-refractivity contribution in [1.29, 1.82) is 0 Å². The Bertz CT molecular complexity index is 1510. The highest BCUT2D eigenvalue weighted by atomic mass is 79.9. The van der Waals surface area contributed by atoms with Crippen LogP contribution in [0.25, 0.3) is 0 Å². The summed E-state index contributed by atoms with van der Waals surface area (Å²) in [5.41, 5.74) is 5.28. The van der Waals surface area contributed by atoms with E-state index in [9.17, 15) is 24.6 Å². The zero-order chi connectivity index (χ0) is 31.9. The molecule has 2 fully saturated rings. The van der Waals surface area contributed by atoms with Crippen LogP contribution in [0.4, 0.5) is 15.3 Å². The predicted octanol–water partition coefficient (Wildman–Crippen LogP) is 4.84. The van der Waals surface area contributed by atoms with Gasteiger partial charge in [-0.15, -0.1) is 0 Å². The molecular formula is C32H35Br2N5O6. The van der Waals surface area contributed by atoms with Crippen molar-refractivity contribution in [3.05, 3.63) is 68.4 Å². The number of fused-ring (bicyclic) bond motifs is 1. The normalized spacial score (nSPS) is 19.3. The van der Waals surface area contributed by atoms with Gasteiger partial charge in [-0.3, -0.25) is 4.79 Å². The summed E-state index contributed by atoms with van der Waals surface area (Å²) in [5, 5.41) is 23.0. The Balaban J connectivity index is 1.24. The third-order valence-electron chi connectivity index (χ3n) is 8.23. The number of rotatable bonds is 6. The van der Waals surface area contributed by atoms with E-state index in [1.807, 2.05) is 34.1 Å². The fourth-order valence-electron chi connectivity index (χ4n) is 5.80. The Morgan fingerprint density at radius 2 is 1.84 bits per heavy atom. The highest BCUT2D eigenvalue weighted by molar-refractivity contribution is 9.11. The molecule has 45 heavy (non-hydrogen) atoms. The Morgan fingerprint density at radius 1 is 1.11 bits per heavy atom. The van der Waals surface area contributed by atoms with Gasteiger partial charge in [0.05, 0.1) is 21.2 Å². The highest BCUT2D eigenvalue weighted by Gasteiger charge is 2.33. The van der Waals surface area contributed by atoms with E-state index in [2.05, 4.69) is 53.8 Å². The first-order valence-electron chi connectivity index (χ1n) is 15.0. The number of nitrogens with one attached hydrogen (secondary N) is 1. The number of anilines is 1. The van der Waals surface area contributed by atoms with Gasteiger partial charge in [0.2, 0.25) is 0 Å². The van der Waals surface area contributed by atoms with Crippen LogP contribution < -0.4 is 5.32 Å². The van der Waals surface area contributed by atoms with Gasteiger partial charge in [-0.25, -0.2) is 9.59 Å². The zero-order valence-electron chi connectivity index (χ0n) is 24.6. The number of aromatic hydroxyl groups is 1. The molecule has 13 heteroatoms. The number of halogens is 2. The van der Waals surface area contributed by atoms with E-state index < -0.39 is 24.2 Å². The van der Waals surface area contributed by atoms with Gasteiger partial charge in [0.1, 0.15) is 5.75 Å². The van der Waals surface area contributed by atoms with Crippen LogP contribution >= 0.6 is 31.9 Å². The molecule has 3 aliphatic heterocycles. The average molecular weight is 745 g/mol. The van der Waals surface area contributed by atoms with Crippen molar-refractivity contribution < 1.29 is 29.3 Å². The van der Waals surface area contributed by atoms with E-state index in [0.29, 0.717) is 53.5 Å². The number of phenolic OH excluding ortho intramolecular Hbond substituents is 1. The van der Waals surface area contributed by atoms with E-state index in [1.54, 1.807) is 23.2 Å². The van der Waals surface area contributed by atoms with Gasteiger partial charge < -0.3 is 35.0 Å². The number of amides is 4. The average Bonchev–Trinajstić information content (AvgIpc) is 3.19. The molecule has 0 bridgehead atoms. The van der Waals surface area contributed by atoms with Crippen LogP contribution in [0.2, 0.25) is 0 Å². The molecule has 0 saturated carbocycles. The number of aliphatic hydroxyl groups is 1. The quantitative estimate of drug-likeness (QED) is 0.285. The summed E-state index contributed by atoms with van der Waals surface area (Å²) in [5.74, 6) is 1.80. The smallest absolute Gasteiger partial charge is 0.410 e. The maximum absolute atomic E-state index is 13.3. The topological polar surface area (TPSA) is 135 Å². The molecule has 238 valence electrons. The maximum atomic E-state index is 13.3. The van der Waals surface area contributed by atoms with Crippen LogP contribution in [0.5, 0.6) is 5.75 Å². The van der Waals surface area contributed by atoms with Crippen molar-refractivity contribution in [1.82, 2.24) is 14.7 Å². The Labute approximate surface area is 278 Å². The molecule has 4 amide bonds. The zero-order valence-corrected chi connectivity index (χ0v) is 27.8. The SMILES string of the molecule is O=C(N=C=C=CN1CCC[C@H](O)C1)[C@@H](Cc1cc(Br)c(O)c(Br)c1)OC(=O)N1CCC(N2CCc3ccccc3NC2=O)CC1. The van der Waals surface area contributed by atoms with E-state index >= 15 is 0 Å². The van der Waals surface area contributed by atoms with Crippen molar-refractivity contribution in [2.75, 3.05) is 38.0 Å².